The molecule has 0 aliphatic rings. The van der Waals surface area contributed by atoms with Crippen molar-refractivity contribution < 1.29 is 30.9 Å². The van der Waals surface area contributed by atoms with E-state index in [2.05, 4.69) is 21.0 Å². The third-order valence-corrected chi connectivity index (χ3v) is 3.70. The van der Waals surface area contributed by atoms with Crippen molar-refractivity contribution in [3.8, 4) is 40.0 Å². The first-order valence-corrected chi connectivity index (χ1v) is 8.02. The monoisotopic (exact) mass is 535 g/mol. The summed E-state index contributed by atoms with van der Waals surface area (Å²) in [4.78, 5) is 12.9. The molecule has 0 fully saturated rings. The van der Waals surface area contributed by atoms with Crippen molar-refractivity contribution in [2.45, 2.75) is 0 Å². The molecule has 1 N–H and O–H groups in total. The van der Waals surface area contributed by atoms with Gasteiger partial charge in [0.05, 0.1) is 5.75 Å². The van der Waals surface area contributed by atoms with Crippen LogP contribution in [-0.2, 0) is 21.1 Å². The third kappa shape index (κ3) is 4.38. The maximum absolute atomic E-state index is 10.0. The molecule has 0 bridgehead atoms. The topological polar surface area (TPSA) is 68.1 Å². The number of aromatic nitrogens is 3. The summed E-state index contributed by atoms with van der Waals surface area (Å²) in [6.07, 6.45) is 3.33. The van der Waals surface area contributed by atoms with E-state index >= 15 is 0 Å². The average molecular weight is 535 g/mol. The molecule has 1 aromatic carbocycles. The molecule has 0 radical (unpaired) electrons. The van der Waals surface area contributed by atoms with Gasteiger partial charge in [-0.15, -0.1) is 17.7 Å². The molecule has 0 atom stereocenters. The molecule has 136 valence electrons. The number of phenolic OH excluding ortho intramolecular Hbond substituents is 1. The quantitative estimate of drug-likeness (QED) is 0.390. The van der Waals surface area contributed by atoms with Crippen molar-refractivity contribution in [2.24, 2.45) is 0 Å². The van der Waals surface area contributed by atoms with E-state index in [1.807, 2.05) is 36.4 Å². The summed E-state index contributed by atoms with van der Waals surface area (Å²) in [7, 11) is 0. The van der Waals surface area contributed by atoms with Crippen LogP contribution in [0.25, 0.3) is 22.5 Å². The Kier molecular flexibility index (Phi) is 5.94. The average Bonchev–Trinajstić information content (AvgIpc) is 2.69. The summed E-state index contributed by atoms with van der Waals surface area (Å²) in [6, 6.07) is 23.0. The van der Waals surface area contributed by atoms with Gasteiger partial charge in [-0.05, 0) is 41.3 Å². The van der Waals surface area contributed by atoms with Crippen LogP contribution in [0.5, 0.6) is 17.5 Å². The fourth-order valence-electron chi connectivity index (χ4n) is 2.48. The Morgan fingerprint density at radius 2 is 1.59 bits per heavy atom. The van der Waals surface area contributed by atoms with Crippen LogP contribution in [0.1, 0.15) is 0 Å². The van der Waals surface area contributed by atoms with Gasteiger partial charge in [-0.25, -0.2) is 4.98 Å². The molecule has 3 heterocycles. The van der Waals surface area contributed by atoms with Crippen LogP contribution in [-0.4, -0.2) is 20.1 Å². The van der Waals surface area contributed by atoms with Crippen LogP contribution >= 0.6 is 0 Å². The zero-order chi connectivity index (χ0) is 17.8. The minimum absolute atomic E-state index is 0. The smallest absolute Gasteiger partial charge is 0.221 e. The van der Waals surface area contributed by atoms with Gasteiger partial charge in [0.2, 0.25) is 11.8 Å². The molecule has 5 nitrogen and oxygen atoms in total. The predicted molar refractivity (Wildman–Crippen MR) is 97.7 cm³/mol. The minimum Gasteiger partial charge on any atom is -0.517 e. The number of aromatic hydroxyl groups is 1. The SMILES string of the molecule is Oc1ccccc1-c1[c-]c(-c2cccc(Oc3ccccn3)n2)ccn1.[Pt]. The molecule has 27 heavy (non-hydrogen) atoms. The van der Waals surface area contributed by atoms with Crippen LogP contribution in [0.3, 0.4) is 0 Å². The van der Waals surface area contributed by atoms with E-state index in [4.69, 9.17) is 4.74 Å². The summed E-state index contributed by atoms with van der Waals surface area (Å²) < 4.78 is 5.68. The molecule has 0 unspecified atom stereocenters. The van der Waals surface area contributed by atoms with Crippen molar-refractivity contribution in [1.29, 1.82) is 0 Å². The largest absolute Gasteiger partial charge is 0.517 e. The van der Waals surface area contributed by atoms with Crippen LogP contribution in [0, 0.1) is 6.07 Å². The molecule has 0 aliphatic carbocycles. The van der Waals surface area contributed by atoms with Crippen molar-refractivity contribution in [3.63, 3.8) is 0 Å². The van der Waals surface area contributed by atoms with Crippen LogP contribution in [0.2, 0.25) is 0 Å². The Labute approximate surface area is 171 Å². The van der Waals surface area contributed by atoms with E-state index in [1.165, 1.54) is 0 Å². The standard InChI is InChI=1S/C21H14N3O2.Pt/c25-19-8-2-1-6-16(19)18-14-15(11-13-22-18)17-7-5-10-21(24-17)26-20-9-3-4-12-23-20;/h1-13,25H;/q-1;. The maximum Gasteiger partial charge on any atom is 0.221 e. The number of pyridine rings is 3. The second-order valence-corrected chi connectivity index (χ2v) is 5.48. The first-order valence-electron chi connectivity index (χ1n) is 8.02. The predicted octanol–water partition coefficient (Wildman–Crippen LogP) is 4.50. The van der Waals surface area contributed by atoms with Gasteiger partial charge in [0.25, 0.3) is 0 Å². The molecular formula is C21H14N3O2Pt-. The molecule has 0 spiro atoms. The fourth-order valence-corrected chi connectivity index (χ4v) is 2.48. The number of hydrogen-bond acceptors (Lipinski definition) is 5. The number of nitrogens with zero attached hydrogens (tertiary/aromatic N) is 3. The molecule has 0 saturated heterocycles. The summed E-state index contributed by atoms with van der Waals surface area (Å²) >= 11 is 0. The van der Waals surface area contributed by atoms with Gasteiger partial charge in [0, 0.05) is 33.3 Å². The molecule has 6 heteroatoms. The first kappa shape index (κ1) is 18.7. The van der Waals surface area contributed by atoms with Gasteiger partial charge >= 0.3 is 0 Å². The fraction of sp³-hybridized carbons (Fsp3) is 0. The van der Waals surface area contributed by atoms with Crippen molar-refractivity contribution >= 4 is 0 Å². The Bertz CT molecular complexity index is 1040. The number of ether oxygens (including phenoxy) is 1. The van der Waals surface area contributed by atoms with Gasteiger partial charge in [-0.3, -0.25) is 9.97 Å². The van der Waals surface area contributed by atoms with Gasteiger partial charge in [0.1, 0.15) is 0 Å². The zero-order valence-electron chi connectivity index (χ0n) is 14.0. The van der Waals surface area contributed by atoms with E-state index < -0.39 is 0 Å². The summed E-state index contributed by atoms with van der Waals surface area (Å²) in [5, 5.41) is 10.0. The molecule has 4 aromatic rings. The van der Waals surface area contributed by atoms with E-state index in [0.717, 1.165) is 5.56 Å². The van der Waals surface area contributed by atoms with Crippen LogP contribution in [0.4, 0.5) is 0 Å². The summed E-state index contributed by atoms with van der Waals surface area (Å²) in [6.45, 7) is 0. The van der Waals surface area contributed by atoms with E-state index in [0.29, 0.717) is 28.7 Å². The molecule has 0 aliphatic heterocycles. The number of para-hydroxylation sites is 1. The maximum atomic E-state index is 10.0. The Morgan fingerprint density at radius 3 is 2.41 bits per heavy atom. The Hall–Kier alpha value is -3.04. The van der Waals surface area contributed by atoms with Crippen molar-refractivity contribution in [2.75, 3.05) is 0 Å². The second-order valence-electron chi connectivity index (χ2n) is 5.48. The first-order chi connectivity index (χ1) is 12.8. The van der Waals surface area contributed by atoms with Crippen molar-refractivity contribution in [1.82, 2.24) is 15.0 Å². The number of hydrogen-bond donors (Lipinski definition) is 1. The van der Waals surface area contributed by atoms with Crippen molar-refractivity contribution in [3.05, 3.63) is 85.2 Å². The van der Waals surface area contributed by atoms with Gasteiger partial charge in [-0.2, -0.15) is 0 Å². The molecular weight excluding hydrogens is 521 g/mol. The summed E-state index contributed by atoms with van der Waals surface area (Å²) in [5.74, 6) is 1.08. The third-order valence-electron chi connectivity index (χ3n) is 3.70. The molecule has 3 aromatic heterocycles. The zero-order valence-corrected chi connectivity index (χ0v) is 16.3. The number of benzene rings is 1. The Morgan fingerprint density at radius 1 is 0.778 bits per heavy atom. The van der Waals surface area contributed by atoms with E-state index in [-0.39, 0.29) is 26.8 Å². The molecule has 4 rings (SSSR count). The van der Waals surface area contributed by atoms with Gasteiger partial charge in [-0.1, -0.05) is 36.4 Å². The van der Waals surface area contributed by atoms with Crippen LogP contribution < -0.4 is 4.74 Å². The molecule has 0 saturated carbocycles. The van der Waals surface area contributed by atoms with Gasteiger partial charge in [0.15, 0.2) is 0 Å². The Balaban J connectivity index is 0.00000210. The van der Waals surface area contributed by atoms with E-state index in [9.17, 15) is 5.11 Å². The number of phenols is 1. The normalized spacial score (nSPS) is 10.1. The summed E-state index contributed by atoms with van der Waals surface area (Å²) in [5.41, 5.74) is 2.62. The van der Waals surface area contributed by atoms with Crippen LogP contribution in [0.15, 0.2) is 79.1 Å². The second kappa shape index (κ2) is 8.56. The number of rotatable bonds is 4. The van der Waals surface area contributed by atoms with Gasteiger partial charge < -0.3 is 9.84 Å². The minimum atomic E-state index is 0. The molecule has 0 amide bonds. The van der Waals surface area contributed by atoms with E-state index in [1.54, 1.807) is 42.7 Å².